The predicted molar refractivity (Wildman–Crippen MR) is 73.6 cm³/mol. The summed E-state index contributed by atoms with van der Waals surface area (Å²) >= 11 is 6.11. The van der Waals surface area contributed by atoms with Gasteiger partial charge in [0.2, 0.25) is 11.8 Å². The Morgan fingerprint density at radius 2 is 2.33 bits per heavy atom. The number of nitrogens with zero attached hydrogens (tertiary/aromatic N) is 3. The van der Waals surface area contributed by atoms with Crippen LogP contribution in [0.2, 0.25) is 0 Å². The number of aromatic nitrogens is 2. The fraction of sp³-hybridized carbons (Fsp3) is 0.692. The number of anilines is 1. The van der Waals surface area contributed by atoms with Gasteiger partial charge in [-0.1, -0.05) is 0 Å². The molecule has 1 aromatic heterocycles. The van der Waals surface area contributed by atoms with Gasteiger partial charge in [-0.25, -0.2) is 4.98 Å². The molecule has 0 amide bonds. The van der Waals surface area contributed by atoms with Gasteiger partial charge in [0.05, 0.1) is 7.11 Å². The fourth-order valence-electron chi connectivity index (χ4n) is 2.48. The van der Waals surface area contributed by atoms with E-state index in [0.29, 0.717) is 11.9 Å². The second-order valence-electron chi connectivity index (χ2n) is 4.86. The molecule has 0 bridgehead atoms. The van der Waals surface area contributed by atoms with Crippen molar-refractivity contribution in [3.63, 3.8) is 0 Å². The number of hydrogen-bond donors (Lipinski definition) is 0. The van der Waals surface area contributed by atoms with Gasteiger partial charge < -0.3 is 9.64 Å². The molecule has 1 aliphatic heterocycles. The van der Waals surface area contributed by atoms with Crippen molar-refractivity contribution in [3.8, 4) is 5.88 Å². The van der Waals surface area contributed by atoms with Crippen LogP contribution in [0.1, 0.15) is 31.9 Å². The predicted octanol–water partition coefficient (Wildman–Crippen LogP) is 2.78. The molecule has 2 rings (SSSR count). The zero-order valence-corrected chi connectivity index (χ0v) is 11.9. The van der Waals surface area contributed by atoms with E-state index in [2.05, 4.69) is 14.9 Å². The Hall–Kier alpha value is -1.03. The molecule has 2 atom stereocenters. The zero-order valence-electron chi connectivity index (χ0n) is 11.2. The third-order valence-electron chi connectivity index (χ3n) is 3.26. The lowest BCUT2D eigenvalue weighted by Gasteiger charge is -2.25. The maximum atomic E-state index is 6.11. The second kappa shape index (κ2) is 5.74. The fourth-order valence-corrected chi connectivity index (χ4v) is 2.68. The number of alkyl halides is 1. The third kappa shape index (κ3) is 3.05. The smallest absolute Gasteiger partial charge is 0.229 e. The zero-order chi connectivity index (χ0) is 13.1. The summed E-state index contributed by atoms with van der Waals surface area (Å²) in [5.41, 5.74) is 0.932. The van der Waals surface area contributed by atoms with E-state index in [1.54, 1.807) is 7.11 Å². The highest BCUT2D eigenvalue weighted by Gasteiger charge is 2.28. The summed E-state index contributed by atoms with van der Waals surface area (Å²) in [5, 5.41) is 0.183. The Morgan fingerprint density at radius 1 is 1.56 bits per heavy atom. The van der Waals surface area contributed by atoms with Gasteiger partial charge in [0.1, 0.15) is 0 Å². The first kappa shape index (κ1) is 13.4. The maximum Gasteiger partial charge on any atom is 0.229 e. The van der Waals surface area contributed by atoms with Crippen LogP contribution >= 0.6 is 11.6 Å². The minimum absolute atomic E-state index is 0.183. The highest BCUT2D eigenvalue weighted by Crippen LogP contribution is 2.27. The lowest BCUT2D eigenvalue weighted by Crippen LogP contribution is -2.32. The van der Waals surface area contributed by atoms with Crippen LogP contribution in [0.25, 0.3) is 0 Å². The molecule has 4 nitrogen and oxygen atoms in total. The lowest BCUT2D eigenvalue weighted by atomic mass is 10.1. The van der Waals surface area contributed by atoms with E-state index in [0.717, 1.165) is 31.0 Å². The standard InChI is InChI=1S/C13H20ClN3O/c1-9(14)7-11-5-4-6-17(11)13-15-10(2)8-12(16-13)18-3/h8-9,11H,4-7H2,1-3H3. The van der Waals surface area contributed by atoms with Crippen LogP contribution in [0.3, 0.4) is 0 Å². The first-order valence-corrected chi connectivity index (χ1v) is 6.84. The molecular formula is C13H20ClN3O. The number of hydrogen-bond acceptors (Lipinski definition) is 4. The quantitative estimate of drug-likeness (QED) is 0.788. The number of methoxy groups -OCH3 is 1. The molecule has 0 spiro atoms. The molecule has 0 N–H and O–H groups in total. The van der Waals surface area contributed by atoms with Gasteiger partial charge in [-0.2, -0.15) is 4.98 Å². The van der Waals surface area contributed by atoms with E-state index in [1.165, 1.54) is 6.42 Å². The molecule has 18 heavy (non-hydrogen) atoms. The Kier molecular flexibility index (Phi) is 4.27. The van der Waals surface area contributed by atoms with Gasteiger partial charge in [-0.15, -0.1) is 11.6 Å². The third-order valence-corrected chi connectivity index (χ3v) is 3.44. The van der Waals surface area contributed by atoms with Gasteiger partial charge in [-0.05, 0) is 33.1 Å². The molecule has 1 saturated heterocycles. The van der Waals surface area contributed by atoms with Crippen molar-refractivity contribution < 1.29 is 4.74 Å². The largest absolute Gasteiger partial charge is 0.481 e. The van der Waals surface area contributed by atoms with Crippen LogP contribution in [0, 0.1) is 6.92 Å². The number of ether oxygens (including phenoxy) is 1. The molecule has 1 fully saturated rings. The van der Waals surface area contributed by atoms with Crippen LogP contribution in [-0.2, 0) is 0 Å². The Morgan fingerprint density at radius 3 is 3.00 bits per heavy atom. The summed E-state index contributed by atoms with van der Waals surface area (Å²) in [7, 11) is 1.63. The van der Waals surface area contributed by atoms with Crippen LogP contribution in [-0.4, -0.2) is 35.0 Å². The molecule has 2 heterocycles. The summed E-state index contributed by atoms with van der Waals surface area (Å²) in [6.07, 6.45) is 3.31. The lowest BCUT2D eigenvalue weighted by molar-refractivity contribution is 0.395. The van der Waals surface area contributed by atoms with E-state index in [4.69, 9.17) is 16.3 Å². The average Bonchev–Trinajstić information content (AvgIpc) is 2.75. The van der Waals surface area contributed by atoms with E-state index in [9.17, 15) is 0 Å². The Bertz CT molecular complexity index is 411. The van der Waals surface area contributed by atoms with Gasteiger partial charge in [0.25, 0.3) is 0 Å². The van der Waals surface area contributed by atoms with E-state index >= 15 is 0 Å². The van der Waals surface area contributed by atoms with Crippen molar-refractivity contribution in [2.75, 3.05) is 18.6 Å². The topological polar surface area (TPSA) is 38.2 Å². The SMILES string of the molecule is COc1cc(C)nc(N2CCCC2CC(C)Cl)n1. The number of halogens is 1. The molecule has 100 valence electrons. The monoisotopic (exact) mass is 269 g/mol. The molecule has 0 saturated carbocycles. The van der Waals surface area contributed by atoms with Crippen molar-refractivity contribution in [1.82, 2.24) is 9.97 Å². The first-order chi connectivity index (χ1) is 8.60. The highest BCUT2D eigenvalue weighted by molar-refractivity contribution is 6.20. The Labute approximate surface area is 113 Å². The maximum absolute atomic E-state index is 6.11. The van der Waals surface area contributed by atoms with Crippen molar-refractivity contribution >= 4 is 17.5 Å². The molecule has 1 aromatic rings. The summed E-state index contributed by atoms with van der Waals surface area (Å²) < 4.78 is 5.21. The van der Waals surface area contributed by atoms with Crippen molar-refractivity contribution in [2.45, 2.75) is 44.5 Å². The molecule has 0 radical (unpaired) electrons. The summed E-state index contributed by atoms with van der Waals surface area (Å²) in [5.74, 6) is 1.40. The van der Waals surface area contributed by atoms with Crippen molar-refractivity contribution in [3.05, 3.63) is 11.8 Å². The summed E-state index contributed by atoms with van der Waals surface area (Å²) in [6.45, 7) is 5.00. The second-order valence-corrected chi connectivity index (χ2v) is 5.60. The molecule has 2 unspecified atom stereocenters. The molecule has 5 heteroatoms. The highest BCUT2D eigenvalue weighted by atomic mass is 35.5. The first-order valence-electron chi connectivity index (χ1n) is 6.40. The molecule has 0 aliphatic carbocycles. The Balaban J connectivity index is 2.21. The summed E-state index contributed by atoms with van der Waals surface area (Å²) in [4.78, 5) is 11.2. The van der Waals surface area contributed by atoms with Gasteiger partial charge in [-0.3, -0.25) is 0 Å². The number of rotatable bonds is 4. The van der Waals surface area contributed by atoms with E-state index in [-0.39, 0.29) is 5.38 Å². The van der Waals surface area contributed by atoms with Gasteiger partial charge in [0.15, 0.2) is 0 Å². The van der Waals surface area contributed by atoms with Crippen LogP contribution < -0.4 is 9.64 Å². The van der Waals surface area contributed by atoms with Crippen LogP contribution in [0.5, 0.6) is 5.88 Å². The van der Waals surface area contributed by atoms with E-state index < -0.39 is 0 Å². The minimum atomic E-state index is 0.183. The molecular weight excluding hydrogens is 250 g/mol. The van der Waals surface area contributed by atoms with Crippen LogP contribution in [0.15, 0.2) is 6.07 Å². The van der Waals surface area contributed by atoms with Crippen molar-refractivity contribution in [2.24, 2.45) is 0 Å². The van der Waals surface area contributed by atoms with E-state index in [1.807, 2.05) is 19.9 Å². The molecule has 0 aromatic carbocycles. The summed E-state index contributed by atoms with van der Waals surface area (Å²) in [6, 6.07) is 2.29. The van der Waals surface area contributed by atoms with Gasteiger partial charge >= 0.3 is 0 Å². The van der Waals surface area contributed by atoms with Gasteiger partial charge in [0, 0.05) is 29.7 Å². The minimum Gasteiger partial charge on any atom is -0.481 e. The normalized spacial score (nSPS) is 21.1. The number of aryl methyl sites for hydroxylation is 1. The van der Waals surface area contributed by atoms with Crippen LogP contribution in [0.4, 0.5) is 5.95 Å². The average molecular weight is 270 g/mol. The molecule has 1 aliphatic rings. The van der Waals surface area contributed by atoms with Crippen molar-refractivity contribution in [1.29, 1.82) is 0 Å².